The summed E-state index contributed by atoms with van der Waals surface area (Å²) in [7, 11) is 0. The van der Waals surface area contributed by atoms with Gasteiger partial charge in [0.25, 0.3) is 5.91 Å². The minimum atomic E-state index is -2.90. The fourth-order valence-corrected chi connectivity index (χ4v) is 6.65. The van der Waals surface area contributed by atoms with Crippen LogP contribution in [0, 0.1) is 17.6 Å². The van der Waals surface area contributed by atoms with Gasteiger partial charge in [-0.1, -0.05) is 17.7 Å². The standard InChI is InChI=1S/C30H32ClF4N3O4/c1-2-38(28(41)42-21-9-7-20(32)8-10-21)30(17-36-16-22(30)18-6-11-23(31)24(33)13-18)27(40)37-12-4-3-5-25(37)26(39)19-14-29(34,35)15-19/h6-11,13,19,22,25,36H,2-5,12,14-17H2,1H3/t22-,25?,30+/m0/s1. The lowest BCUT2D eigenvalue weighted by atomic mass is 9.74. The van der Waals surface area contributed by atoms with Crippen LogP contribution in [0.4, 0.5) is 22.4 Å². The van der Waals surface area contributed by atoms with Gasteiger partial charge in [-0.05, 0) is 68.1 Å². The number of hydrogen-bond donors (Lipinski definition) is 1. The van der Waals surface area contributed by atoms with Crippen molar-refractivity contribution in [3.63, 3.8) is 0 Å². The van der Waals surface area contributed by atoms with E-state index in [-0.39, 0.29) is 37.0 Å². The first-order valence-electron chi connectivity index (χ1n) is 14.1. The zero-order valence-electron chi connectivity index (χ0n) is 23.1. The minimum absolute atomic E-state index is 0.00131. The first-order chi connectivity index (χ1) is 20.0. The number of nitrogens with zero attached hydrogens (tertiary/aromatic N) is 2. The van der Waals surface area contributed by atoms with Crippen LogP contribution in [0.5, 0.6) is 5.75 Å². The summed E-state index contributed by atoms with van der Waals surface area (Å²) in [6.45, 7) is 2.02. The topological polar surface area (TPSA) is 79.0 Å². The molecule has 0 spiro atoms. The Hall–Kier alpha value is -3.18. The Labute approximate surface area is 246 Å². The van der Waals surface area contributed by atoms with E-state index in [1.54, 1.807) is 13.0 Å². The zero-order valence-corrected chi connectivity index (χ0v) is 23.8. The smallest absolute Gasteiger partial charge is 0.410 e. The van der Waals surface area contributed by atoms with Crippen LogP contribution in [0.15, 0.2) is 42.5 Å². The number of hydrogen-bond acceptors (Lipinski definition) is 5. The summed E-state index contributed by atoms with van der Waals surface area (Å²) in [6, 6.07) is 8.07. The molecule has 2 aliphatic heterocycles. The number of benzene rings is 2. The molecule has 1 aliphatic carbocycles. The number of nitrogens with one attached hydrogen (secondary N) is 1. The fraction of sp³-hybridized carbons (Fsp3) is 0.500. The molecule has 5 rings (SSSR count). The second-order valence-electron chi connectivity index (χ2n) is 11.2. The summed E-state index contributed by atoms with van der Waals surface area (Å²) in [4.78, 5) is 44.6. The van der Waals surface area contributed by atoms with E-state index >= 15 is 0 Å². The van der Waals surface area contributed by atoms with Crippen molar-refractivity contribution in [1.29, 1.82) is 0 Å². The number of amides is 2. The number of likely N-dealkylation sites (tertiary alicyclic amines) is 1. The Morgan fingerprint density at radius 2 is 1.81 bits per heavy atom. The number of piperidine rings is 1. The van der Waals surface area contributed by atoms with Gasteiger partial charge in [0.05, 0.1) is 11.1 Å². The van der Waals surface area contributed by atoms with Gasteiger partial charge in [0, 0.05) is 50.9 Å². The van der Waals surface area contributed by atoms with Gasteiger partial charge in [-0.2, -0.15) is 0 Å². The van der Waals surface area contributed by atoms with E-state index in [0.29, 0.717) is 24.8 Å². The van der Waals surface area contributed by atoms with Crippen LogP contribution in [-0.2, 0) is 9.59 Å². The average molecular weight is 610 g/mol. The van der Waals surface area contributed by atoms with Crippen molar-refractivity contribution in [3.05, 3.63) is 64.7 Å². The van der Waals surface area contributed by atoms with Crippen molar-refractivity contribution in [2.75, 3.05) is 26.2 Å². The van der Waals surface area contributed by atoms with E-state index < -0.39 is 71.6 Å². The number of alkyl halides is 2. The van der Waals surface area contributed by atoms with E-state index in [4.69, 9.17) is 16.3 Å². The zero-order chi connectivity index (χ0) is 30.2. The number of Topliss-reactive ketones (excluding diaryl/α,β-unsaturated/α-hetero) is 1. The second kappa shape index (κ2) is 11.8. The van der Waals surface area contributed by atoms with Crippen LogP contribution in [0.3, 0.4) is 0 Å². The Morgan fingerprint density at radius 1 is 1.10 bits per heavy atom. The summed E-state index contributed by atoms with van der Waals surface area (Å²) in [5.74, 6) is -6.63. The van der Waals surface area contributed by atoms with Crippen molar-refractivity contribution in [1.82, 2.24) is 15.1 Å². The highest BCUT2D eigenvalue weighted by atomic mass is 35.5. The molecule has 7 nitrogen and oxygen atoms in total. The predicted octanol–water partition coefficient (Wildman–Crippen LogP) is 5.56. The van der Waals surface area contributed by atoms with Gasteiger partial charge in [0.1, 0.15) is 22.9 Å². The van der Waals surface area contributed by atoms with Gasteiger partial charge < -0.3 is 15.0 Å². The molecule has 42 heavy (non-hydrogen) atoms. The quantitative estimate of drug-likeness (QED) is 0.416. The third-order valence-electron chi connectivity index (χ3n) is 8.66. The lowest BCUT2D eigenvalue weighted by Crippen LogP contribution is -2.68. The molecule has 2 amide bonds. The second-order valence-corrected chi connectivity index (χ2v) is 11.6. The lowest BCUT2D eigenvalue weighted by Gasteiger charge is -2.48. The Kier molecular flexibility index (Phi) is 8.53. The summed E-state index contributed by atoms with van der Waals surface area (Å²) >= 11 is 5.94. The van der Waals surface area contributed by atoms with Crippen LogP contribution >= 0.6 is 11.6 Å². The predicted molar refractivity (Wildman–Crippen MR) is 147 cm³/mol. The fourth-order valence-electron chi connectivity index (χ4n) is 6.53. The number of ketones is 1. The molecule has 0 bridgehead atoms. The largest absolute Gasteiger partial charge is 0.416 e. The van der Waals surface area contributed by atoms with Crippen LogP contribution < -0.4 is 10.1 Å². The molecule has 1 unspecified atom stereocenters. The maximum atomic E-state index is 14.8. The van der Waals surface area contributed by atoms with Crippen LogP contribution in [-0.4, -0.2) is 71.3 Å². The minimum Gasteiger partial charge on any atom is -0.410 e. The molecule has 1 saturated carbocycles. The van der Waals surface area contributed by atoms with E-state index in [9.17, 15) is 31.9 Å². The Balaban J connectivity index is 1.55. The number of carbonyl (C=O) groups excluding carboxylic acids is 3. The molecule has 3 fully saturated rings. The summed E-state index contributed by atoms with van der Waals surface area (Å²) < 4.78 is 61.0. The first-order valence-corrected chi connectivity index (χ1v) is 14.5. The molecular weight excluding hydrogens is 578 g/mol. The highest BCUT2D eigenvalue weighted by Crippen LogP contribution is 2.45. The molecule has 1 N–H and O–H groups in total. The molecule has 2 saturated heterocycles. The van der Waals surface area contributed by atoms with Gasteiger partial charge in [-0.15, -0.1) is 0 Å². The molecule has 0 radical (unpaired) electrons. The van der Waals surface area contributed by atoms with Crippen molar-refractivity contribution < 1.29 is 36.7 Å². The molecular formula is C30H32ClF4N3O4. The Morgan fingerprint density at radius 3 is 2.45 bits per heavy atom. The molecule has 3 atom stereocenters. The van der Waals surface area contributed by atoms with E-state index in [2.05, 4.69) is 5.32 Å². The molecule has 2 heterocycles. The molecule has 0 aromatic heterocycles. The van der Waals surface area contributed by atoms with Gasteiger partial charge in [0.2, 0.25) is 5.92 Å². The highest BCUT2D eigenvalue weighted by molar-refractivity contribution is 6.30. The van der Waals surface area contributed by atoms with Crippen molar-refractivity contribution in [2.24, 2.45) is 5.92 Å². The van der Waals surface area contributed by atoms with Gasteiger partial charge in [-0.3, -0.25) is 14.5 Å². The van der Waals surface area contributed by atoms with Crippen LogP contribution in [0.1, 0.15) is 50.5 Å². The number of ether oxygens (including phenoxy) is 1. The molecule has 2 aromatic rings. The Bertz CT molecular complexity index is 1350. The first kappa shape index (κ1) is 30.3. The number of likely N-dealkylation sites (N-methyl/N-ethyl adjacent to an activating group) is 1. The van der Waals surface area contributed by atoms with Gasteiger partial charge >= 0.3 is 6.09 Å². The molecule has 12 heteroatoms. The SMILES string of the molecule is CCN(C(=O)Oc1ccc(F)cc1)[C@]1(C(=O)N2CCCCC2C(=O)C2CC(F)(F)C2)CNC[C@H]1c1ccc(Cl)c(F)c1. The highest BCUT2D eigenvalue weighted by Gasteiger charge is 2.59. The van der Waals surface area contributed by atoms with Crippen LogP contribution in [0.2, 0.25) is 5.02 Å². The van der Waals surface area contributed by atoms with Crippen molar-refractivity contribution in [3.8, 4) is 5.75 Å². The third kappa shape index (κ3) is 5.60. The summed E-state index contributed by atoms with van der Waals surface area (Å²) in [5, 5.41) is 3.06. The van der Waals surface area contributed by atoms with Crippen molar-refractivity contribution in [2.45, 2.75) is 62.4 Å². The summed E-state index contributed by atoms with van der Waals surface area (Å²) in [6.07, 6.45) is -0.428. The van der Waals surface area contributed by atoms with E-state index in [1.807, 2.05) is 0 Å². The van der Waals surface area contributed by atoms with Gasteiger partial charge in [0.15, 0.2) is 5.78 Å². The molecule has 3 aliphatic rings. The number of rotatable bonds is 7. The number of halogens is 5. The number of carbonyl (C=O) groups is 3. The average Bonchev–Trinajstić information content (AvgIpc) is 3.39. The third-order valence-corrected chi connectivity index (χ3v) is 8.96. The van der Waals surface area contributed by atoms with Crippen molar-refractivity contribution >= 4 is 29.4 Å². The van der Waals surface area contributed by atoms with E-state index in [0.717, 1.165) is 12.1 Å². The van der Waals surface area contributed by atoms with Gasteiger partial charge in [-0.25, -0.2) is 22.4 Å². The normalized spacial score (nSPS) is 25.5. The lowest BCUT2D eigenvalue weighted by molar-refractivity contribution is -0.161. The van der Waals surface area contributed by atoms with E-state index in [1.165, 1.54) is 34.1 Å². The van der Waals surface area contributed by atoms with Crippen LogP contribution in [0.25, 0.3) is 0 Å². The molecule has 226 valence electrons. The monoisotopic (exact) mass is 609 g/mol. The maximum absolute atomic E-state index is 14.8. The molecule has 2 aromatic carbocycles. The summed E-state index contributed by atoms with van der Waals surface area (Å²) in [5.41, 5.74) is -1.26. The maximum Gasteiger partial charge on any atom is 0.416 e.